The Morgan fingerprint density at radius 1 is 1.11 bits per heavy atom. The van der Waals surface area contributed by atoms with Crippen LogP contribution in [-0.2, 0) is 13.2 Å². The first-order valence-corrected chi connectivity index (χ1v) is 6.12. The highest BCUT2D eigenvalue weighted by Crippen LogP contribution is 2.22. The topological polar surface area (TPSA) is 58.3 Å². The Kier molecular flexibility index (Phi) is 3.16. The van der Waals surface area contributed by atoms with E-state index in [1.165, 1.54) is 0 Å². The number of rotatable bonds is 4. The molecule has 0 aliphatic carbocycles. The summed E-state index contributed by atoms with van der Waals surface area (Å²) < 4.78 is 5.44. The van der Waals surface area contributed by atoms with Gasteiger partial charge in [-0.25, -0.2) is 0 Å². The van der Waals surface area contributed by atoms with E-state index in [9.17, 15) is 0 Å². The molecule has 0 atom stereocenters. The largest absolute Gasteiger partial charge is 0.462 e. The molecule has 3 rings (SSSR count). The lowest BCUT2D eigenvalue weighted by atomic mass is 10.1. The van der Waals surface area contributed by atoms with Crippen molar-refractivity contribution in [3.8, 4) is 0 Å². The third-order valence-corrected chi connectivity index (χ3v) is 3.01. The third kappa shape index (κ3) is 2.44. The fraction of sp³-hybridized carbons (Fsp3) is 0.133. The van der Waals surface area contributed by atoms with E-state index >= 15 is 0 Å². The molecule has 2 N–H and O–H groups in total. The van der Waals surface area contributed by atoms with Crippen LogP contribution in [0, 0.1) is 0 Å². The minimum absolute atomic E-state index is 0.0712. The fourth-order valence-corrected chi connectivity index (χ4v) is 2.05. The summed E-state index contributed by atoms with van der Waals surface area (Å²) in [7, 11) is 0. The van der Waals surface area contributed by atoms with E-state index in [4.69, 9.17) is 9.52 Å². The molecule has 0 spiro atoms. The van der Waals surface area contributed by atoms with Crippen molar-refractivity contribution in [2.75, 3.05) is 5.32 Å². The maximum Gasteiger partial charge on any atom is 0.129 e. The minimum atomic E-state index is -0.0712. The predicted octanol–water partition coefficient (Wildman–Crippen LogP) is 2.93. The molecule has 0 fully saturated rings. The molecule has 4 heteroatoms. The van der Waals surface area contributed by atoms with Gasteiger partial charge in [0.15, 0.2) is 0 Å². The molecule has 0 aliphatic rings. The molecule has 0 radical (unpaired) electrons. The number of nitrogens with one attached hydrogen (secondary N) is 1. The molecular weight excluding hydrogens is 240 g/mol. The molecular formula is C15H14N2O2. The molecule has 0 bridgehead atoms. The summed E-state index contributed by atoms with van der Waals surface area (Å²) >= 11 is 0. The van der Waals surface area contributed by atoms with Crippen molar-refractivity contribution in [1.29, 1.82) is 0 Å². The van der Waals surface area contributed by atoms with Crippen molar-refractivity contribution >= 4 is 16.5 Å². The molecule has 0 aliphatic heterocycles. The molecule has 1 aromatic carbocycles. The Bertz CT molecular complexity index is 686. The van der Waals surface area contributed by atoms with Gasteiger partial charge in [0.05, 0.1) is 6.54 Å². The van der Waals surface area contributed by atoms with E-state index in [1.54, 1.807) is 12.3 Å². The first kappa shape index (κ1) is 11.7. The van der Waals surface area contributed by atoms with Crippen molar-refractivity contribution < 1.29 is 9.52 Å². The first-order chi connectivity index (χ1) is 9.36. The summed E-state index contributed by atoms with van der Waals surface area (Å²) in [4.78, 5) is 4.15. The number of pyridine rings is 1. The Labute approximate surface area is 110 Å². The highest BCUT2D eigenvalue weighted by Gasteiger charge is 2.03. The molecule has 0 unspecified atom stereocenters. The van der Waals surface area contributed by atoms with Gasteiger partial charge >= 0.3 is 0 Å². The van der Waals surface area contributed by atoms with Crippen LogP contribution in [0.15, 0.2) is 53.2 Å². The van der Waals surface area contributed by atoms with Gasteiger partial charge in [0.2, 0.25) is 0 Å². The number of benzene rings is 1. The zero-order valence-electron chi connectivity index (χ0n) is 10.3. The van der Waals surface area contributed by atoms with Crippen molar-refractivity contribution in [1.82, 2.24) is 4.98 Å². The smallest absolute Gasteiger partial charge is 0.129 e. The standard InChI is InChI=1S/C15H14N2O2/c18-10-13-5-4-12(19-13)8-17-15-3-1-2-11-6-7-16-9-14(11)15/h1-7,9,17-18H,8,10H2. The third-order valence-electron chi connectivity index (χ3n) is 3.01. The first-order valence-electron chi connectivity index (χ1n) is 6.12. The Balaban J connectivity index is 1.81. The number of nitrogens with zero attached hydrogens (tertiary/aromatic N) is 1. The monoisotopic (exact) mass is 254 g/mol. The summed E-state index contributed by atoms with van der Waals surface area (Å²) in [6.45, 7) is 0.506. The molecule has 2 heterocycles. The second-order valence-electron chi connectivity index (χ2n) is 4.28. The van der Waals surface area contributed by atoms with Gasteiger partial charge < -0.3 is 14.8 Å². The highest BCUT2D eigenvalue weighted by molar-refractivity contribution is 5.92. The maximum atomic E-state index is 8.96. The molecule has 19 heavy (non-hydrogen) atoms. The number of aliphatic hydroxyl groups is 1. The zero-order chi connectivity index (χ0) is 13.1. The summed E-state index contributed by atoms with van der Waals surface area (Å²) in [6.07, 6.45) is 3.63. The minimum Gasteiger partial charge on any atom is -0.462 e. The van der Waals surface area contributed by atoms with Gasteiger partial charge in [-0.15, -0.1) is 0 Å². The summed E-state index contributed by atoms with van der Waals surface area (Å²) in [5, 5.41) is 14.5. The van der Waals surface area contributed by atoms with E-state index < -0.39 is 0 Å². The van der Waals surface area contributed by atoms with Gasteiger partial charge in [0.1, 0.15) is 18.1 Å². The van der Waals surface area contributed by atoms with Crippen LogP contribution in [-0.4, -0.2) is 10.1 Å². The number of aliphatic hydroxyl groups excluding tert-OH is 1. The van der Waals surface area contributed by atoms with Crippen LogP contribution in [0.3, 0.4) is 0 Å². The van der Waals surface area contributed by atoms with Gasteiger partial charge in [-0.05, 0) is 29.7 Å². The second-order valence-corrected chi connectivity index (χ2v) is 4.28. The van der Waals surface area contributed by atoms with Crippen LogP contribution in [0.4, 0.5) is 5.69 Å². The van der Waals surface area contributed by atoms with E-state index in [0.717, 1.165) is 22.2 Å². The van der Waals surface area contributed by atoms with Crippen LogP contribution in [0.1, 0.15) is 11.5 Å². The molecule has 96 valence electrons. The van der Waals surface area contributed by atoms with Gasteiger partial charge in [-0.1, -0.05) is 12.1 Å². The Morgan fingerprint density at radius 2 is 2.00 bits per heavy atom. The number of hydrogen-bond donors (Lipinski definition) is 2. The summed E-state index contributed by atoms with van der Waals surface area (Å²) in [6, 6.07) is 11.7. The number of aromatic nitrogens is 1. The highest BCUT2D eigenvalue weighted by atomic mass is 16.4. The Hall–Kier alpha value is -2.33. The lowest BCUT2D eigenvalue weighted by Gasteiger charge is -2.07. The van der Waals surface area contributed by atoms with Crippen LogP contribution >= 0.6 is 0 Å². The summed E-state index contributed by atoms with van der Waals surface area (Å²) in [5.74, 6) is 1.38. The average Bonchev–Trinajstić information content (AvgIpc) is 2.93. The van der Waals surface area contributed by atoms with Crippen LogP contribution in [0.2, 0.25) is 0 Å². The van der Waals surface area contributed by atoms with Gasteiger partial charge in [-0.2, -0.15) is 0 Å². The molecule has 4 nitrogen and oxygen atoms in total. The van der Waals surface area contributed by atoms with Crippen LogP contribution in [0.5, 0.6) is 0 Å². The number of fused-ring (bicyclic) bond motifs is 1. The van der Waals surface area contributed by atoms with Crippen molar-refractivity contribution in [3.63, 3.8) is 0 Å². The molecule has 0 amide bonds. The van der Waals surface area contributed by atoms with Gasteiger partial charge in [0.25, 0.3) is 0 Å². The van der Waals surface area contributed by atoms with Crippen molar-refractivity contribution in [2.45, 2.75) is 13.2 Å². The van der Waals surface area contributed by atoms with E-state index in [1.807, 2.05) is 30.5 Å². The van der Waals surface area contributed by atoms with E-state index in [2.05, 4.69) is 16.4 Å². The quantitative estimate of drug-likeness (QED) is 0.751. The molecule has 0 saturated carbocycles. The number of furan rings is 1. The lowest BCUT2D eigenvalue weighted by molar-refractivity contribution is 0.244. The SMILES string of the molecule is OCc1ccc(CNc2cccc3ccncc23)o1. The zero-order valence-corrected chi connectivity index (χ0v) is 10.3. The Morgan fingerprint density at radius 3 is 2.84 bits per heavy atom. The van der Waals surface area contributed by atoms with E-state index in [0.29, 0.717) is 12.3 Å². The van der Waals surface area contributed by atoms with Crippen LogP contribution in [0.25, 0.3) is 10.8 Å². The molecule has 2 aromatic heterocycles. The van der Waals surface area contributed by atoms with Gasteiger partial charge in [0, 0.05) is 23.5 Å². The summed E-state index contributed by atoms with van der Waals surface area (Å²) in [5.41, 5.74) is 1.02. The van der Waals surface area contributed by atoms with Crippen LogP contribution < -0.4 is 5.32 Å². The predicted molar refractivity (Wildman–Crippen MR) is 73.7 cm³/mol. The second kappa shape index (κ2) is 5.12. The molecule has 3 aromatic rings. The van der Waals surface area contributed by atoms with Crippen molar-refractivity contribution in [2.24, 2.45) is 0 Å². The maximum absolute atomic E-state index is 8.96. The van der Waals surface area contributed by atoms with Crippen molar-refractivity contribution in [3.05, 3.63) is 60.3 Å². The molecule has 0 saturated heterocycles. The van der Waals surface area contributed by atoms with E-state index in [-0.39, 0.29) is 6.61 Å². The normalized spacial score (nSPS) is 10.8. The average molecular weight is 254 g/mol. The lowest BCUT2D eigenvalue weighted by Crippen LogP contribution is -1.98. The number of hydrogen-bond acceptors (Lipinski definition) is 4. The van der Waals surface area contributed by atoms with Gasteiger partial charge in [-0.3, -0.25) is 4.98 Å². The number of anilines is 1. The fourth-order valence-electron chi connectivity index (χ4n) is 2.05.